The highest BCUT2D eigenvalue weighted by atomic mass is 32.2. The monoisotopic (exact) mass is 263 g/mol. The lowest BCUT2D eigenvalue weighted by Gasteiger charge is -2.28. The smallest absolute Gasteiger partial charge is 0.150 e. The first-order chi connectivity index (χ1) is 7.87. The third-order valence-electron chi connectivity index (χ3n) is 3.63. The number of hydrogen-bond donors (Lipinski definition) is 1. The van der Waals surface area contributed by atoms with Crippen LogP contribution in [0.1, 0.15) is 46.5 Å². The average molecular weight is 263 g/mol. The molecule has 0 saturated heterocycles. The molecule has 4 nitrogen and oxygen atoms in total. The summed E-state index contributed by atoms with van der Waals surface area (Å²) in [6.45, 7) is 5.88. The Balaban J connectivity index is 4.36. The van der Waals surface area contributed by atoms with Crippen LogP contribution in [0.15, 0.2) is 0 Å². The first-order valence-corrected chi connectivity index (χ1v) is 8.13. The highest BCUT2D eigenvalue weighted by Crippen LogP contribution is 2.28. The van der Waals surface area contributed by atoms with Gasteiger partial charge in [-0.2, -0.15) is 0 Å². The third kappa shape index (κ3) is 4.76. The number of rotatable bonds is 9. The SMILES string of the molecule is CCC(CC)(CN)C(=O)CCCS(=O)(=O)CC. The number of hydrogen-bond acceptors (Lipinski definition) is 4. The van der Waals surface area contributed by atoms with Gasteiger partial charge in [0.15, 0.2) is 0 Å². The van der Waals surface area contributed by atoms with Crippen molar-refractivity contribution in [3.63, 3.8) is 0 Å². The van der Waals surface area contributed by atoms with E-state index >= 15 is 0 Å². The standard InChI is InChI=1S/C12H25NO3S/c1-4-12(5-2,10-13)11(14)8-7-9-17(15,16)6-3/h4-10,13H2,1-3H3. The van der Waals surface area contributed by atoms with Crippen molar-refractivity contribution in [1.29, 1.82) is 0 Å². The predicted molar refractivity (Wildman–Crippen MR) is 70.6 cm³/mol. The van der Waals surface area contributed by atoms with Crippen molar-refractivity contribution >= 4 is 15.6 Å². The lowest BCUT2D eigenvalue weighted by Crippen LogP contribution is -2.37. The first-order valence-electron chi connectivity index (χ1n) is 6.31. The van der Waals surface area contributed by atoms with E-state index in [-0.39, 0.29) is 17.3 Å². The second kappa shape index (κ2) is 7.11. The fourth-order valence-corrected chi connectivity index (χ4v) is 2.78. The van der Waals surface area contributed by atoms with Crippen molar-refractivity contribution in [2.24, 2.45) is 11.1 Å². The Morgan fingerprint density at radius 2 is 1.71 bits per heavy atom. The van der Waals surface area contributed by atoms with E-state index in [4.69, 9.17) is 5.73 Å². The first kappa shape index (κ1) is 16.6. The molecule has 17 heavy (non-hydrogen) atoms. The lowest BCUT2D eigenvalue weighted by molar-refractivity contribution is -0.128. The minimum Gasteiger partial charge on any atom is -0.329 e. The van der Waals surface area contributed by atoms with Gasteiger partial charge in [0.25, 0.3) is 0 Å². The lowest BCUT2D eigenvalue weighted by atomic mass is 9.77. The van der Waals surface area contributed by atoms with E-state index in [0.717, 1.165) is 12.8 Å². The minimum absolute atomic E-state index is 0.101. The molecule has 0 spiro atoms. The number of Topliss-reactive ketones (excluding diaryl/α,β-unsaturated/α-hetero) is 1. The zero-order valence-corrected chi connectivity index (χ0v) is 12.0. The summed E-state index contributed by atoms with van der Waals surface area (Å²) in [5, 5.41) is 0. The van der Waals surface area contributed by atoms with E-state index < -0.39 is 15.3 Å². The Labute approximate surface area is 105 Å². The summed E-state index contributed by atoms with van der Waals surface area (Å²) in [6, 6.07) is 0. The van der Waals surface area contributed by atoms with Crippen LogP contribution in [-0.2, 0) is 14.6 Å². The number of ketones is 1. The molecule has 0 amide bonds. The molecule has 5 heteroatoms. The summed E-state index contributed by atoms with van der Waals surface area (Å²) in [5.74, 6) is 0.352. The molecule has 0 aromatic rings. The minimum atomic E-state index is -2.96. The van der Waals surface area contributed by atoms with Crippen molar-refractivity contribution in [2.45, 2.75) is 46.5 Å². The summed E-state index contributed by atoms with van der Waals surface area (Å²) < 4.78 is 22.6. The maximum absolute atomic E-state index is 12.1. The second-order valence-electron chi connectivity index (χ2n) is 4.45. The molecular weight excluding hydrogens is 238 g/mol. The van der Waals surface area contributed by atoms with Crippen molar-refractivity contribution in [3.05, 3.63) is 0 Å². The van der Waals surface area contributed by atoms with E-state index in [0.29, 0.717) is 19.4 Å². The molecule has 0 radical (unpaired) electrons. The quantitative estimate of drug-likeness (QED) is 0.684. The molecule has 0 aromatic carbocycles. The second-order valence-corrected chi connectivity index (χ2v) is 6.93. The maximum atomic E-state index is 12.1. The Morgan fingerprint density at radius 3 is 2.06 bits per heavy atom. The van der Waals surface area contributed by atoms with E-state index in [1.807, 2.05) is 13.8 Å². The van der Waals surface area contributed by atoms with Gasteiger partial charge in [-0.1, -0.05) is 20.8 Å². The van der Waals surface area contributed by atoms with Gasteiger partial charge in [0.2, 0.25) is 0 Å². The molecule has 0 heterocycles. The Hall–Kier alpha value is -0.420. The van der Waals surface area contributed by atoms with Crippen LogP contribution in [0, 0.1) is 5.41 Å². The molecule has 0 aliphatic carbocycles. The number of sulfone groups is 1. The van der Waals surface area contributed by atoms with Crippen LogP contribution in [0.2, 0.25) is 0 Å². The van der Waals surface area contributed by atoms with Gasteiger partial charge in [-0.15, -0.1) is 0 Å². The van der Waals surface area contributed by atoms with Crippen LogP contribution in [0.5, 0.6) is 0 Å². The van der Waals surface area contributed by atoms with Gasteiger partial charge in [-0.05, 0) is 19.3 Å². The molecule has 102 valence electrons. The summed E-state index contributed by atoms with van der Waals surface area (Å²) in [6.07, 6.45) is 2.17. The van der Waals surface area contributed by atoms with Crippen LogP contribution < -0.4 is 5.73 Å². The summed E-state index contributed by atoms with van der Waals surface area (Å²) in [4.78, 5) is 12.1. The van der Waals surface area contributed by atoms with Crippen LogP contribution in [0.3, 0.4) is 0 Å². The van der Waals surface area contributed by atoms with Gasteiger partial charge in [-0.25, -0.2) is 8.42 Å². The van der Waals surface area contributed by atoms with E-state index in [2.05, 4.69) is 0 Å². The predicted octanol–water partition coefficient (Wildman–Crippen LogP) is 1.54. The molecule has 0 fully saturated rings. The third-order valence-corrected chi connectivity index (χ3v) is 5.43. The van der Waals surface area contributed by atoms with E-state index in [9.17, 15) is 13.2 Å². The molecule has 0 aliphatic heterocycles. The average Bonchev–Trinajstić information content (AvgIpc) is 2.32. The van der Waals surface area contributed by atoms with Crippen molar-refractivity contribution < 1.29 is 13.2 Å². The molecule has 2 N–H and O–H groups in total. The summed E-state index contributed by atoms with van der Waals surface area (Å²) in [5.41, 5.74) is 5.23. The van der Waals surface area contributed by atoms with Crippen LogP contribution in [0.4, 0.5) is 0 Å². The molecule has 0 aliphatic rings. The fraction of sp³-hybridized carbons (Fsp3) is 0.917. The van der Waals surface area contributed by atoms with Gasteiger partial charge < -0.3 is 5.73 Å². The van der Waals surface area contributed by atoms with Gasteiger partial charge in [0.05, 0.1) is 5.75 Å². The molecule has 0 aromatic heterocycles. The maximum Gasteiger partial charge on any atom is 0.150 e. The molecular formula is C12H25NO3S. The molecule has 0 bridgehead atoms. The molecule has 0 rings (SSSR count). The van der Waals surface area contributed by atoms with Gasteiger partial charge in [-0.3, -0.25) is 4.79 Å². The Kier molecular flexibility index (Phi) is 6.94. The number of carbonyl (C=O) groups excluding carboxylic acids is 1. The van der Waals surface area contributed by atoms with E-state index in [1.165, 1.54) is 0 Å². The van der Waals surface area contributed by atoms with Crippen LogP contribution in [0.25, 0.3) is 0 Å². The van der Waals surface area contributed by atoms with Crippen LogP contribution in [-0.4, -0.2) is 32.3 Å². The van der Waals surface area contributed by atoms with Crippen molar-refractivity contribution in [1.82, 2.24) is 0 Å². The fourth-order valence-electron chi connectivity index (χ4n) is 1.91. The summed E-state index contributed by atoms with van der Waals surface area (Å²) in [7, 11) is -2.96. The van der Waals surface area contributed by atoms with E-state index in [1.54, 1.807) is 6.92 Å². The Morgan fingerprint density at radius 1 is 1.18 bits per heavy atom. The van der Waals surface area contributed by atoms with Crippen LogP contribution >= 0.6 is 0 Å². The number of carbonyl (C=O) groups is 1. The van der Waals surface area contributed by atoms with Crippen molar-refractivity contribution in [3.8, 4) is 0 Å². The van der Waals surface area contributed by atoms with Gasteiger partial charge in [0.1, 0.15) is 15.6 Å². The normalized spacial score (nSPS) is 12.7. The Bertz CT molecular complexity index is 323. The summed E-state index contributed by atoms with van der Waals surface area (Å²) >= 11 is 0. The highest BCUT2D eigenvalue weighted by Gasteiger charge is 2.32. The highest BCUT2D eigenvalue weighted by molar-refractivity contribution is 7.91. The largest absolute Gasteiger partial charge is 0.329 e. The molecule has 0 unspecified atom stereocenters. The zero-order chi connectivity index (χ0) is 13.5. The molecule has 0 saturated carbocycles. The van der Waals surface area contributed by atoms with Gasteiger partial charge >= 0.3 is 0 Å². The zero-order valence-electron chi connectivity index (χ0n) is 11.2. The number of nitrogens with two attached hydrogens (primary N) is 1. The molecule has 0 atom stereocenters. The van der Waals surface area contributed by atoms with Crippen molar-refractivity contribution in [2.75, 3.05) is 18.1 Å². The topological polar surface area (TPSA) is 77.2 Å². The van der Waals surface area contributed by atoms with Gasteiger partial charge in [0, 0.05) is 24.1 Å².